The molecule has 2 aliphatic rings. The highest BCUT2D eigenvalue weighted by atomic mass is 35.5. The number of fused-ring (bicyclic) bond motifs is 1. The second kappa shape index (κ2) is 6.16. The average Bonchev–Trinajstić information content (AvgIpc) is 3.22. The number of benzene rings is 2. The van der Waals surface area contributed by atoms with E-state index in [0.29, 0.717) is 22.6 Å². The van der Waals surface area contributed by atoms with Gasteiger partial charge in [0.2, 0.25) is 12.7 Å². The van der Waals surface area contributed by atoms with Crippen LogP contribution in [0.4, 0.5) is 5.69 Å². The van der Waals surface area contributed by atoms with E-state index in [1.165, 1.54) is 18.2 Å². The number of nitro benzene ring substituents is 1. The van der Waals surface area contributed by atoms with Crippen molar-refractivity contribution >= 4 is 35.2 Å². The number of cyclic esters (lactones) is 1. The lowest BCUT2D eigenvalue weighted by Gasteiger charge is -2.01. The maximum absolute atomic E-state index is 12.1. The van der Waals surface area contributed by atoms with Crippen LogP contribution < -0.4 is 9.47 Å². The molecule has 0 unspecified atom stereocenters. The zero-order chi connectivity index (χ0) is 18.3. The minimum atomic E-state index is -0.657. The topological polar surface area (TPSA) is 100 Å². The Labute approximate surface area is 151 Å². The van der Waals surface area contributed by atoms with Crippen LogP contribution in [0.5, 0.6) is 11.5 Å². The normalized spacial score (nSPS) is 16.6. The van der Waals surface area contributed by atoms with E-state index in [-0.39, 0.29) is 29.1 Å². The molecule has 8 nitrogen and oxygen atoms in total. The van der Waals surface area contributed by atoms with Crippen LogP contribution in [0.1, 0.15) is 11.1 Å². The monoisotopic (exact) mass is 372 g/mol. The lowest BCUT2D eigenvalue weighted by atomic mass is 10.1. The molecule has 26 heavy (non-hydrogen) atoms. The Morgan fingerprint density at radius 1 is 1.15 bits per heavy atom. The van der Waals surface area contributed by atoms with E-state index in [2.05, 4.69) is 4.99 Å². The molecule has 0 aliphatic carbocycles. The summed E-state index contributed by atoms with van der Waals surface area (Å²) in [5, 5.41) is 11.0. The Morgan fingerprint density at radius 2 is 1.96 bits per heavy atom. The van der Waals surface area contributed by atoms with Gasteiger partial charge in [0.25, 0.3) is 5.69 Å². The van der Waals surface area contributed by atoms with Crippen LogP contribution in [0.15, 0.2) is 47.1 Å². The summed E-state index contributed by atoms with van der Waals surface area (Å²) in [7, 11) is 0. The smallest absolute Gasteiger partial charge is 0.363 e. The van der Waals surface area contributed by atoms with Gasteiger partial charge in [-0.2, -0.15) is 0 Å². The van der Waals surface area contributed by atoms with Gasteiger partial charge >= 0.3 is 5.97 Å². The summed E-state index contributed by atoms with van der Waals surface area (Å²) in [5.74, 6) is 0.591. The molecule has 130 valence electrons. The molecule has 0 saturated carbocycles. The lowest BCUT2D eigenvalue weighted by molar-refractivity contribution is -0.384. The molecule has 2 aromatic carbocycles. The Bertz CT molecular complexity index is 1010. The molecule has 0 N–H and O–H groups in total. The highest BCUT2D eigenvalue weighted by Crippen LogP contribution is 2.34. The van der Waals surface area contributed by atoms with Crippen molar-refractivity contribution in [1.82, 2.24) is 0 Å². The lowest BCUT2D eigenvalue weighted by Crippen LogP contribution is -2.05. The number of rotatable bonds is 3. The van der Waals surface area contributed by atoms with Gasteiger partial charge in [-0.3, -0.25) is 10.1 Å². The van der Waals surface area contributed by atoms with Gasteiger partial charge in [-0.25, -0.2) is 9.79 Å². The van der Waals surface area contributed by atoms with E-state index < -0.39 is 10.9 Å². The molecule has 0 aromatic heterocycles. The van der Waals surface area contributed by atoms with Crippen LogP contribution in [-0.4, -0.2) is 23.6 Å². The van der Waals surface area contributed by atoms with Crippen molar-refractivity contribution in [3.05, 3.63) is 68.4 Å². The van der Waals surface area contributed by atoms with Crippen LogP contribution in [0.3, 0.4) is 0 Å². The highest BCUT2D eigenvalue weighted by molar-refractivity contribution is 6.32. The number of ether oxygens (including phenoxy) is 3. The fourth-order valence-electron chi connectivity index (χ4n) is 2.48. The standard InChI is InChI=1S/C17H9ClN2O6/c18-11-3-1-9(6-13(11)20(22)23)5-12-17(21)26-16(19-12)10-2-4-14-15(7-10)25-8-24-14/h1-7H,8H2/b12-5-. The number of halogens is 1. The van der Waals surface area contributed by atoms with E-state index in [1.807, 2.05) is 0 Å². The summed E-state index contributed by atoms with van der Waals surface area (Å²) < 4.78 is 15.7. The predicted molar refractivity (Wildman–Crippen MR) is 91.3 cm³/mol. The number of esters is 1. The first-order chi connectivity index (χ1) is 12.5. The molecule has 0 bridgehead atoms. The summed E-state index contributed by atoms with van der Waals surface area (Å²) >= 11 is 5.78. The first-order valence-electron chi connectivity index (χ1n) is 7.38. The number of carbonyl (C=O) groups excluding carboxylic acids is 1. The number of nitro groups is 1. The van der Waals surface area contributed by atoms with Crippen LogP contribution in [0, 0.1) is 10.1 Å². The average molecular weight is 373 g/mol. The molecular weight excluding hydrogens is 364 g/mol. The predicted octanol–water partition coefficient (Wildman–Crippen LogP) is 3.32. The van der Waals surface area contributed by atoms with Gasteiger partial charge in [0.15, 0.2) is 17.2 Å². The van der Waals surface area contributed by atoms with E-state index in [9.17, 15) is 14.9 Å². The van der Waals surface area contributed by atoms with E-state index in [1.54, 1.807) is 24.3 Å². The van der Waals surface area contributed by atoms with E-state index in [0.717, 1.165) is 0 Å². The highest BCUT2D eigenvalue weighted by Gasteiger charge is 2.26. The van der Waals surface area contributed by atoms with E-state index in [4.69, 9.17) is 25.8 Å². The van der Waals surface area contributed by atoms with Crippen molar-refractivity contribution in [3.63, 3.8) is 0 Å². The molecule has 4 rings (SSSR count). The van der Waals surface area contributed by atoms with Gasteiger partial charge in [-0.1, -0.05) is 17.7 Å². The third-order valence-electron chi connectivity index (χ3n) is 3.71. The molecule has 2 heterocycles. The minimum absolute atomic E-state index is 0.00991. The first kappa shape index (κ1) is 16.1. The molecule has 0 saturated heterocycles. The number of hydrogen-bond acceptors (Lipinski definition) is 7. The van der Waals surface area contributed by atoms with E-state index >= 15 is 0 Å². The second-order valence-corrected chi connectivity index (χ2v) is 5.78. The largest absolute Gasteiger partial charge is 0.454 e. The van der Waals surface area contributed by atoms with Crippen molar-refractivity contribution in [2.45, 2.75) is 0 Å². The summed E-state index contributed by atoms with van der Waals surface area (Å²) in [4.78, 5) is 26.6. The summed E-state index contributed by atoms with van der Waals surface area (Å²) in [6, 6.07) is 9.23. The van der Waals surface area contributed by atoms with Crippen molar-refractivity contribution < 1.29 is 23.9 Å². The van der Waals surface area contributed by atoms with Crippen LogP contribution in [-0.2, 0) is 9.53 Å². The van der Waals surface area contributed by atoms with Gasteiger partial charge in [0, 0.05) is 11.6 Å². The molecule has 2 aromatic rings. The van der Waals surface area contributed by atoms with Crippen LogP contribution >= 0.6 is 11.6 Å². The number of hydrogen-bond donors (Lipinski definition) is 0. The maximum atomic E-state index is 12.1. The number of carbonyl (C=O) groups is 1. The molecule has 0 amide bonds. The summed E-state index contributed by atoms with van der Waals surface area (Å²) in [6.45, 7) is 0.131. The van der Waals surface area contributed by atoms with Crippen molar-refractivity contribution in [2.75, 3.05) is 6.79 Å². The molecule has 0 spiro atoms. The number of nitrogens with zero attached hydrogens (tertiary/aromatic N) is 2. The number of aliphatic imine (C=N–C) groups is 1. The Kier molecular flexibility index (Phi) is 3.81. The molecule has 9 heteroatoms. The van der Waals surface area contributed by atoms with Crippen LogP contribution in [0.2, 0.25) is 5.02 Å². The molecule has 0 atom stereocenters. The van der Waals surface area contributed by atoms with Gasteiger partial charge in [0.05, 0.1) is 4.92 Å². The molecule has 2 aliphatic heterocycles. The van der Waals surface area contributed by atoms with Gasteiger partial charge in [-0.15, -0.1) is 0 Å². The summed E-state index contributed by atoms with van der Waals surface area (Å²) in [5.41, 5.74) is 0.721. The SMILES string of the molecule is O=C1OC(c2ccc3c(c2)OCO3)=N/C1=C\c1ccc(Cl)c([N+](=O)[O-])c1. The fourth-order valence-corrected chi connectivity index (χ4v) is 2.67. The quantitative estimate of drug-likeness (QED) is 0.354. The van der Waals surface area contributed by atoms with Crippen molar-refractivity contribution in [1.29, 1.82) is 0 Å². The second-order valence-electron chi connectivity index (χ2n) is 5.37. The van der Waals surface area contributed by atoms with Gasteiger partial charge in [-0.05, 0) is 35.9 Å². The molecule has 0 fully saturated rings. The van der Waals surface area contributed by atoms with Gasteiger partial charge < -0.3 is 14.2 Å². The zero-order valence-electron chi connectivity index (χ0n) is 13.0. The van der Waals surface area contributed by atoms with Crippen LogP contribution in [0.25, 0.3) is 6.08 Å². The maximum Gasteiger partial charge on any atom is 0.363 e. The fraction of sp³-hybridized carbons (Fsp3) is 0.0588. The molecular formula is C17H9ClN2O6. The molecule has 0 radical (unpaired) electrons. The summed E-state index contributed by atoms with van der Waals surface area (Å²) in [6.07, 6.45) is 1.39. The van der Waals surface area contributed by atoms with Crippen molar-refractivity contribution in [2.24, 2.45) is 4.99 Å². The third-order valence-corrected chi connectivity index (χ3v) is 4.03. The van der Waals surface area contributed by atoms with Crippen molar-refractivity contribution in [3.8, 4) is 11.5 Å². The Morgan fingerprint density at radius 3 is 2.77 bits per heavy atom. The Hall–Kier alpha value is -3.39. The third kappa shape index (κ3) is 2.86. The Balaban J connectivity index is 1.67. The zero-order valence-corrected chi connectivity index (χ0v) is 13.7. The van der Waals surface area contributed by atoms with Gasteiger partial charge in [0.1, 0.15) is 5.02 Å². The minimum Gasteiger partial charge on any atom is -0.454 e. The first-order valence-corrected chi connectivity index (χ1v) is 7.75.